The topological polar surface area (TPSA) is 56.7 Å². The highest BCUT2D eigenvalue weighted by molar-refractivity contribution is 5.87. The number of rotatable bonds is 3. The van der Waals surface area contributed by atoms with Gasteiger partial charge in [0.1, 0.15) is 24.1 Å². The van der Waals surface area contributed by atoms with Crippen molar-refractivity contribution in [2.45, 2.75) is 18.3 Å². The fourth-order valence-electron chi connectivity index (χ4n) is 3.78. The Labute approximate surface area is 157 Å². The highest BCUT2D eigenvalue weighted by Crippen LogP contribution is 2.28. The molecule has 0 unspecified atom stereocenters. The van der Waals surface area contributed by atoms with Gasteiger partial charge in [0.2, 0.25) is 0 Å². The lowest BCUT2D eigenvalue weighted by molar-refractivity contribution is -0.00461. The average Bonchev–Trinajstić information content (AvgIpc) is 3.05. The van der Waals surface area contributed by atoms with Crippen molar-refractivity contribution in [3.05, 3.63) is 61.2 Å². The normalized spacial score (nSPS) is 23.2. The van der Waals surface area contributed by atoms with Gasteiger partial charge in [-0.3, -0.25) is 9.97 Å². The van der Waals surface area contributed by atoms with Gasteiger partial charge in [-0.05, 0) is 24.3 Å². The predicted octanol–water partition coefficient (Wildman–Crippen LogP) is 2.68. The molecule has 0 N–H and O–H groups in total. The Hall–Kier alpha value is -2.70. The number of hydrogen-bond acceptors (Lipinski definition) is 6. The molecule has 2 saturated heterocycles. The first-order valence-electron chi connectivity index (χ1n) is 9.24. The zero-order chi connectivity index (χ0) is 18.1. The Morgan fingerprint density at radius 3 is 2.41 bits per heavy atom. The van der Waals surface area contributed by atoms with Crippen LogP contribution in [0.25, 0.3) is 10.8 Å². The first-order chi connectivity index (χ1) is 13.4. The van der Waals surface area contributed by atoms with E-state index in [9.17, 15) is 0 Å². The summed E-state index contributed by atoms with van der Waals surface area (Å²) >= 11 is 0. The molecule has 2 atom stereocenters. The summed E-state index contributed by atoms with van der Waals surface area (Å²) in [6.07, 6.45) is 7.26. The Bertz CT molecular complexity index is 899. The molecule has 0 spiro atoms. The summed E-state index contributed by atoms with van der Waals surface area (Å²) in [5.41, 5.74) is 1.16. The van der Waals surface area contributed by atoms with E-state index in [1.165, 1.54) is 0 Å². The smallest absolute Gasteiger partial charge is 0.145 e. The van der Waals surface area contributed by atoms with Crippen LogP contribution in [0.5, 0.6) is 5.75 Å². The summed E-state index contributed by atoms with van der Waals surface area (Å²) in [5, 5.41) is 2.12. The van der Waals surface area contributed by atoms with Crippen molar-refractivity contribution < 1.29 is 14.2 Å². The minimum absolute atomic E-state index is 0.0588. The van der Waals surface area contributed by atoms with Crippen LogP contribution in [0.1, 0.15) is 0 Å². The maximum Gasteiger partial charge on any atom is 0.145 e. The van der Waals surface area contributed by atoms with Gasteiger partial charge in [0.15, 0.2) is 0 Å². The van der Waals surface area contributed by atoms with Gasteiger partial charge in [-0.15, -0.1) is 0 Å². The standard InChI is InChI=1S/C21H21N3O3/c1-2-15-10-23-9-6-18(15)19(3-1)27-17-13-25-20-11-24(12-21(20)26-14-17)16-4-7-22-8-5-16/h1-10,17,20-21H,11-14H2/t20-,21-/m0/s1. The molecule has 4 heterocycles. The molecule has 27 heavy (non-hydrogen) atoms. The van der Waals surface area contributed by atoms with E-state index in [-0.39, 0.29) is 18.3 Å². The maximum absolute atomic E-state index is 6.23. The molecule has 5 rings (SSSR count). The molecule has 0 amide bonds. The lowest BCUT2D eigenvalue weighted by Gasteiger charge is -2.21. The van der Waals surface area contributed by atoms with Crippen molar-refractivity contribution in [2.75, 3.05) is 31.2 Å². The Morgan fingerprint density at radius 2 is 1.63 bits per heavy atom. The van der Waals surface area contributed by atoms with Crippen LogP contribution < -0.4 is 9.64 Å². The maximum atomic E-state index is 6.23. The van der Waals surface area contributed by atoms with E-state index in [4.69, 9.17) is 14.2 Å². The number of nitrogens with zero attached hydrogens (tertiary/aromatic N) is 3. The summed E-state index contributed by atoms with van der Waals surface area (Å²) in [7, 11) is 0. The second kappa shape index (κ2) is 7.13. The molecule has 3 aromatic rings. The van der Waals surface area contributed by atoms with Crippen molar-refractivity contribution in [2.24, 2.45) is 0 Å². The van der Waals surface area contributed by atoms with Crippen LogP contribution >= 0.6 is 0 Å². The number of anilines is 1. The molecule has 6 nitrogen and oxygen atoms in total. The zero-order valence-corrected chi connectivity index (χ0v) is 14.9. The van der Waals surface area contributed by atoms with Crippen LogP contribution in [-0.4, -0.2) is 54.6 Å². The minimum Gasteiger partial charge on any atom is -0.485 e. The molecular formula is C21H21N3O3. The number of benzene rings is 1. The number of pyridine rings is 2. The summed E-state index contributed by atoms with van der Waals surface area (Å²) < 4.78 is 18.5. The second-order valence-corrected chi connectivity index (χ2v) is 6.95. The first-order valence-corrected chi connectivity index (χ1v) is 9.24. The Balaban J connectivity index is 1.26. The molecule has 0 bridgehead atoms. The first kappa shape index (κ1) is 16.5. The molecule has 0 radical (unpaired) electrons. The molecule has 6 heteroatoms. The Morgan fingerprint density at radius 1 is 0.889 bits per heavy atom. The van der Waals surface area contributed by atoms with Gasteiger partial charge in [0, 0.05) is 54.3 Å². The summed E-state index contributed by atoms with van der Waals surface area (Å²) in [6, 6.07) is 12.0. The van der Waals surface area contributed by atoms with Crippen molar-refractivity contribution >= 4 is 16.5 Å². The summed E-state index contributed by atoms with van der Waals surface area (Å²) in [5.74, 6) is 0.845. The predicted molar refractivity (Wildman–Crippen MR) is 102 cm³/mol. The quantitative estimate of drug-likeness (QED) is 0.713. The van der Waals surface area contributed by atoms with Gasteiger partial charge < -0.3 is 19.1 Å². The average molecular weight is 363 g/mol. The minimum atomic E-state index is -0.122. The number of ether oxygens (including phenoxy) is 3. The monoisotopic (exact) mass is 363 g/mol. The van der Waals surface area contributed by atoms with Gasteiger partial charge in [-0.2, -0.15) is 0 Å². The molecular weight excluding hydrogens is 342 g/mol. The molecule has 2 aromatic heterocycles. The third-order valence-corrected chi connectivity index (χ3v) is 5.17. The van der Waals surface area contributed by atoms with E-state index in [1.54, 1.807) is 6.20 Å². The summed E-state index contributed by atoms with van der Waals surface area (Å²) in [4.78, 5) is 10.5. The fourth-order valence-corrected chi connectivity index (χ4v) is 3.78. The fraction of sp³-hybridized carbons (Fsp3) is 0.333. The highest BCUT2D eigenvalue weighted by atomic mass is 16.6. The van der Waals surface area contributed by atoms with Crippen molar-refractivity contribution in [1.29, 1.82) is 0 Å². The molecule has 1 aromatic carbocycles. The molecule has 2 aliphatic heterocycles. The van der Waals surface area contributed by atoms with E-state index in [0.29, 0.717) is 13.2 Å². The lowest BCUT2D eigenvalue weighted by atomic mass is 10.1. The Kier molecular flexibility index (Phi) is 4.35. The number of aromatic nitrogens is 2. The van der Waals surface area contributed by atoms with Crippen molar-refractivity contribution in [3.8, 4) is 5.75 Å². The SMILES string of the molecule is c1cc(OC2CO[C@H]3CN(c4ccncc4)C[C@@H]3OC2)c2ccncc2c1. The third-order valence-electron chi connectivity index (χ3n) is 5.17. The largest absolute Gasteiger partial charge is 0.485 e. The lowest BCUT2D eigenvalue weighted by Crippen LogP contribution is -2.29. The van der Waals surface area contributed by atoms with E-state index < -0.39 is 0 Å². The third kappa shape index (κ3) is 3.34. The van der Waals surface area contributed by atoms with Crippen molar-refractivity contribution in [1.82, 2.24) is 9.97 Å². The van der Waals surface area contributed by atoms with Crippen LogP contribution in [0.2, 0.25) is 0 Å². The molecule has 2 fully saturated rings. The molecule has 2 aliphatic rings. The van der Waals surface area contributed by atoms with E-state index in [1.807, 2.05) is 55.0 Å². The number of hydrogen-bond donors (Lipinski definition) is 0. The second-order valence-electron chi connectivity index (χ2n) is 6.95. The van der Waals surface area contributed by atoms with Gasteiger partial charge >= 0.3 is 0 Å². The van der Waals surface area contributed by atoms with Crippen LogP contribution in [0, 0.1) is 0 Å². The number of fused-ring (bicyclic) bond motifs is 2. The van der Waals surface area contributed by atoms with Crippen LogP contribution in [0.15, 0.2) is 61.2 Å². The van der Waals surface area contributed by atoms with Gasteiger partial charge in [-0.1, -0.05) is 12.1 Å². The van der Waals surface area contributed by atoms with Crippen LogP contribution in [0.3, 0.4) is 0 Å². The molecule has 0 saturated carbocycles. The van der Waals surface area contributed by atoms with Crippen LogP contribution in [0.4, 0.5) is 5.69 Å². The van der Waals surface area contributed by atoms with E-state index in [0.717, 1.165) is 35.3 Å². The highest BCUT2D eigenvalue weighted by Gasteiger charge is 2.38. The summed E-state index contributed by atoms with van der Waals surface area (Å²) in [6.45, 7) is 2.68. The van der Waals surface area contributed by atoms with Gasteiger partial charge in [-0.25, -0.2) is 0 Å². The van der Waals surface area contributed by atoms with Gasteiger partial charge in [0.25, 0.3) is 0 Å². The van der Waals surface area contributed by atoms with E-state index in [2.05, 4.69) is 14.9 Å². The van der Waals surface area contributed by atoms with E-state index >= 15 is 0 Å². The molecule has 0 aliphatic carbocycles. The zero-order valence-electron chi connectivity index (χ0n) is 14.9. The van der Waals surface area contributed by atoms with Crippen LogP contribution in [-0.2, 0) is 9.47 Å². The van der Waals surface area contributed by atoms with Gasteiger partial charge in [0.05, 0.1) is 13.2 Å². The van der Waals surface area contributed by atoms with Crippen molar-refractivity contribution in [3.63, 3.8) is 0 Å². The molecule has 138 valence electrons.